The van der Waals surface area contributed by atoms with Crippen LogP contribution in [0.4, 0.5) is 4.79 Å². The molecule has 1 aliphatic carbocycles. The maximum atomic E-state index is 13.3. The van der Waals surface area contributed by atoms with E-state index in [2.05, 4.69) is 22.0 Å². The van der Waals surface area contributed by atoms with Crippen molar-refractivity contribution in [1.82, 2.24) is 9.80 Å². The maximum Gasteiger partial charge on any atom is 0.410 e. The molecule has 1 saturated heterocycles. The van der Waals surface area contributed by atoms with Crippen LogP contribution in [0.2, 0.25) is 0 Å². The van der Waals surface area contributed by atoms with Gasteiger partial charge in [0.15, 0.2) is 0 Å². The van der Waals surface area contributed by atoms with Crippen LogP contribution < -0.4 is 0 Å². The van der Waals surface area contributed by atoms with Crippen LogP contribution in [0.25, 0.3) is 0 Å². The van der Waals surface area contributed by atoms with Crippen molar-refractivity contribution >= 4 is 27.9 Å². The minimum atomic E-state index is -0.504. The molecule has 2 amide bonds. The number of amides is 2. The first-order valence-electron chi connectivity index (χ1n) is 10.3. The molecule has 0 aromatic heterocycles. The average Bonchev–Trinajstić information content (AvgIpc) is 2.67. The van der Waals surface area contributed by atoms with E-state index < -0.39 is 5.60 Å². The van der Waals surface area contributed by atoms with Gasteiger partial charge in [0.1, 0.15) is 5.60 Å². The highest BCUT2D eigenvalue weighted by Gasteiger charge is 2.30. The molecule has 0 atom stereocenters. The third-order valence-corrected chi connectivity index (χ3v) is 6.00. The van der Waals surface area contributed by atoms with E-state index in [1.54, 1.807) is 4.90 Å². The Labute approximate surface area is 176 Å². The fourth-order valence-corrected chi connectivity index (χ4v) is 4.45. The van der Waals surface area contributed by atoms with Crippen molar-refractivity contribution < 1.29 is 14.3 Å². The summed E-state index contributed by atoms with van der Waals surface area (Å²) >= 11 is 3.57. The molecule has 2 aliphatic rings. The molecule has 0 unspecified atom stereocenters. The summed E-state index contributed by atoms with van der Waals surface area (Å²) in [5.41, 5.74) is 1.49. The van der Waals surface area contributed by atoms with Gasteiger partial charge in [-0.05, 0) is 63.3 Å². The molecule has 1 heterocycles. The van der Waals surface area contributed by atoms with Gasteiger partial charge < -0.3 is 14.5 Å². The first-order chi connectivity index (χ1) is 13.2. The number of hydrogen-bond donors (Lipinski definition) is 0. The van der Waals surface area contributed by atoms with E-state index in [0.29, 0.717) is 32.1 Å². The Kier molecular flexibility index (Phi) is 6.69. The van der Waals surface area contributed by atoms with Crippen LogP contribution in [0.1, 0.15) is 74.7 Å². The second-order valence-corrected chi connectivity index (χ2v) is 9.74. The topological polar surface area (TPSA) is 49.9 Å². The molecule has 1 aromatic carbocycles. The van der Waals surface area contributed by atoms with Crippen molar-refractivity contribution in [3.8, 4) is 0 Å². The summed E-state index contributed by atoms with van der Waals surface area (Å²) in [6.07, 6.45) is 5.77. The zero-order chi connectivity index (χ0) is 20.3. The Morgan fingerprint density at radius 3 is 2.21 bits per heavy atom. The van der Waals surface area contributed by atoms with Gasteiger partial charge in [0.05, 0.1) is 0 Å². The number of halogens is 1. The second-order valence-electron chi connectivity index (χ2n) is 8.83. The molecule has 1 saturated carbocycles. The van der Waals surface area contributed by atoms with Gasteiger partial charge in [-0.2, -0.15) is 0 Å². The lowest BCUT2D eigenvalue weighted by Gasteiger charge is -2.36. The Morgan fingerprint density at radius 2 is 1.61 bits per heavy atom. The predicted octanol–water partition coefficient (Wildman–Crippen LogP) is 5.19. The summed E-state index contributed by atoms with van der Waals surface area (Å²) in [6, 6.07) is 6.03. The van der Waals surface area contributed by atoms with Crippen LogP contribution in [0, 0.1) is 0 Å². The lowest BCUT2D eigenvalue weighted by Crippen LogP contribution is -2.51. The smallest absolute Gasteiger partial charge is 0.410 e. The first-order valence-corrected chi connectivity index (χ1v) is 11.1. The SMILES string of the molecule is CC(C)(C)OC(=O)N1CCN(C(=O)c2ccc(Br)cc2C2CCCCC2)CC1. The zero-order valence-corrected chi connectivity index (χ0v) is 18.8. The normalized spacial score (nSPS) is 18.9. The molecule has 6 heteroatoms. The van der Waals surface area contributed by atoms with Crippen LogP contribution in [-0.4, -0.2) is 53.6 Å². The lowest BCUT2D eigenvalue weighted by molar-refractivity contribution is 0.0140. The Bertz CT molecular complexity index is 715. The van der Waals surface area contributed by atoms with Gasteiger partial charge in [0.2, 0.25) is 0 Å². The van der Waals surface area contributed by atoms with Crippen LogP contribution in [0.3, 0.4) is 0 Å². The molecule has 5 nitrogen and oxygen atoms in total. The number of carbonyl (C=O) groups is 2. The van der Waals surface area contributed by atoms with Crippen LogP contribution >= 0.6 is 15.9 Å². The fourth-order valence-electron chi connectivity index (χ4n) is 4.07. The van der Waals surface area contributed by atoms with Gasteiger partial charge in [-0.15, -0.1) is 0 Å². The van der Waals surface area contributed by atoms with E-state index in [1.807, 2.05) is 37.8 Å². The summed E-state index contributed by atoms with van der Waals surface area (Å²) in [5.74, 6) is 0.546. The van der Waals surface area contributed by atoms with E-state index in [0.717, 1.165) is 22.9 Å². The molecular formula is C22H31BrN2O3. The molecule has 154 valence electrons. The average molecular weight is 451 g/mol. The van der Waals surface area contributed by atoms with E-state index >= 15 is 0 Å². The number of ether oxygens (including phenoxy) is 1. The minimum Gasteiger partial charge on any atom is -0.444 e. The van der Waals surface area contributed by atoms with Crippen molar-refractivity contribution in [3.63, 3.8) is 0 Å². The van der Waals surface area contributed by atoms with Gasteiger partial charge in [-0.25, -0.2) is 4.79 Å². The van der Waals surface area contributed by atoms with Gasteiger partial charge in [-0.3, -0.25) is 4.79 Å². The van der Waals surface area contributed by atoms with Crippen molar-refractivity contribution in [2.45, 2.75) is 64.4 Å². The van der Waals surface area contributed by atoms with Gasteiger partial charge in [0, 0.05) is 36.2 Å². The molecule has 0 N–H and O–H groups in total. The van der Waals surface area contributed by atoms with Gasteiger partial charge in [0.25, 0.3) is 5.91 Å². The summed E-state index contributed by atoms with van der Waals surface area (Å²) in [4.78, 5) is 29.1. The van der Waals surface area contributed by atoms with Crippen molar-refractivity contribution in [2.75, 3.05) is 26.2 Å². The van der Waals surface area contributed by atoms with Crippen LogP contribution in [0.5, 0.6) is 0 Å². The Hall–Kier alpha value is -1.56. The highest BCUT2D eigenvalue weighted by Crippen LogP contribution is 2.36. The Balaban J connectivity index is 1.68. The van der Waals surface area contributed by atoms with E-state index in [-0.39, 0.29) is 12.0 Å². The van der Waals surface area contributed by atoms with Crippen LogP contribution in [0.15, 0.2) is 22.7 Å². The second kappa shape index (κ2) is 8.85. The molecular weight excluding hydrogens is 420 g/mol. The molecule has 0 radical (unpaired) electrons. The molecule has 0 spiro atoms. The molecule has 28 heavy (non-hydrogen) atoms. The van der Waals surface area contributed by atoms with Gasteiger partial charge in [-0.1, -0.05) is 35.2 Å². The van der Waals surface area contributed by atoms with Gasteiger partial charge >= 0.3 is 6.09 Å². The fraction of sp³-hybridized carbons (Fsp3) is 0.636. The highest BCUT2D eigenvalue weighted by atomic mass is 79.9. The Morgan fingerprint density at radius 1 is 1.00 bits per heavy atom. The quantitative estimate of drug-likeness (QED) is 0.622. The van der Waals surface area contributed by atoms with Crippen molar-refractivity contribution in [1.29, 1.82) is 0 Å². The number of piperazine rings is 1. The number of nitrogens with zero attached hydrogens (tertiary/aromatic N) is 2. The van der Waals surface area contributed by atoms with E-state index in [4.69, 9.17) is 4.74 Å². The number of hydrogen-bond acceptors (Lipinski definition) is 3. The molecule has 2 fully saturated rings. The standard InChI is InChI=1S/C22H31BrN2O3/c1-22(2,3)28-21(27)25-13-11-24(12-14-25)20(26)18-10-9-17(23)15-19(18)16-7-5-4-6-8-16/h9-10,15-16H,4-8,11-14H2,1-3H3. The molecule has 3 rings (SSSR count). The lowest BCUT2D eigenvalue weighted by atomic mass is 9.82. The predicted molar refractivity (Wildman–Crippen MR) is 114 cm³/mol. The summed E-state index contributed by atoms with van der Waals surface area (Å²) in [7, 11) is 0. The first kappa shape index (κ1) is 21.2. The zero-order valence-electron chi connectivity index (χ0n) is 17.2. The van der Waals surface area contributed by atoms with Crippen LogP contribution in [-0.2, 0) is 4.74 Å². The van der Waals surface area contributed by atoms with Crippen molar-refractivity contribution in [3.05, 3.63) is 33.8 Å². The molecule has 0 bridgehead atoms. The number of rotatable bonds is 2. The van der Waals surface area contributed by atoms with E-state index in [9.17, 15) is 9.59 Å². The molecule has 1 aromatic rings. The van der Waals surface area contributed by atoms with Crippen molar-refractivity contribution in [2.24, 2.45) is 0 Å². The third-order valence-electron chi connectivity index (χ3n) is 5.51. The monoisotopic (exact) mass is 450 g/mol. The summed E-state index contributed by atoms with van der Waals surface area (Å²) in [5, 5.41) is 0. The minimum absolute atomic E-state index is 0.0805. The summed E-state index contributed by atoms with van der Waals surface area (Å²) in [6.45, 7) is 7.70. The maximum absolute atomic E-state index is 13.3. The largest absolute Gasteiger partial charge is 0.444 e. The number of benzene rings is 1. The number of carbonyl (C=O) groups excluding carboxylic acids is 2. The third kappa shape index (κ3) is 5.28. The summed E-state index contributed by atoms with van der Waals surface area (Å²) < 4.78 is 6.47. The van der Waals surface area contributed by atoms with E-state index in [1.165, 1.54) is 24.8 Å². The highest BCUT2D eigenvalue weighted by molar-refractivity contribution is 9.10. The molecule has 1 aliphatic heterocycles.